The number of aryl methyl sites for hydroxylation is 1. The lowest BCUT2D eigenvalue weighted by molar-refractivity contribution is 0.415. The van der Waals surface area contributed by atoms with Gasteiger partial charge in [-0.3, -0.25) is 0 Å². The minimum absolute atomic E-state index is 0.292. The maximum atomic E-state index is 10.8. The van der Waals surface area contributed by atoms with E-state index in [-0.39, 0.29) is 0 Å². The zero-order chi connectivity index (χ0) is 19.2. The number of benzene rings is 3. The van der Waals surface area contributed by atoms with E-state index >= 15 is 0 Å². The van der Waals surface area contributed by atoms with Gasteiger partial charge in [-0.25, -0.2) is 0 Å². The zero-order valence-electron chi connectivity index (χ0n) is 15.8. The van der Waals surface area contributed by atoms with Crippen LogP contribution in [0.25, 0.3) is 22.3 Å². The van der Waals surface area contributed by atoms with Gasteiger partial charge in [0.1, 0.15) is 11.5 Å². The molecule has 1 N–H and O–H groups in total. The highest BCUT2D eigenvalue weighted by Crippen LogP contribution is 2.34. The van der Waals surface area contributed by atoms with E-state index < -0.39 is 0 Å². The van der Waals surface area contributed by atoms with Crippen LogP contribution < -0.4 is 10.0 Å². The Kier molecular flexibility index (Phi) is 6.32. The Balaban J connectivity index is 1.88. The summed E-state index contributed by atoms with van der Waals surface area (Å²) < 4.78 is 5.21. The van der Waals surface area contributed by atoms with Crippen molar-refractivity contribution in [2.45, 2.75) is 19.8 Å². The Labute approximate surface area is 163 Å². The Morgan fingerprint density at radius 2 is 1.48 bits per heavy atom. The summed E-state index contributed by atoms with van der Waals surface area (Å²) in [4.78, 5) is 0. The van der Waals surface area contributed by atoms with Crippen LogP contribution >= 0.6 is 9.24 Å². The highest BCUT2D eigenvalue weighted by molar-refractivity contribution is 7.28. The van der Waals surface area contributed by atoms with E-state index in [1.807, 2.05) is 37.3 Å². The van der Waals surface area contributed by atoms with Crippen LogP contribution in [-0.2, 0) is 6.42 Å². The van der Waals surface area contributed by atoms with Gasteiger partial charge in [0.2, 0.25) is 0 Å². The molecule has 0 aliphatic heterocycles. The minimum atomic E-state index is 0.292. The first kappa shape index (κ1) is 19.2. The van der Waals surface area contributed by atoms with Gasteiger partial charge in [-0.05, 0) is 60.2 Å². The molecule has 0 radical (unpaired) electrons. The first-order valence-corrected chi connectivity index (χ1v) is 9.68. The van der Waals surface area contributed by atoms with Crippen molar-refractivity contribution < 1.29 is 9.84 Å². The number of phenols is 1. The number of phenolic OH excluding ortho intramolecular Hbond substituents is 1. The number of methoxy groups -OCH3 is 1. The average Bonchev–Trinajstić information content (AvgIpc) is 2.71. The lowest BCUT2D eigenvalue weighted by Gasteiger charge is -2.13. The topological polar surface area (TPSA) is 29.5 Å². The van der Waals surface area contributed by atoms with Crippen LogP contribution in [0.4, 0.5) is 0 Å². The van der Waals surface area contributed by atoms with Gasteiger partial charge in [0, 0.05) is 10.9 Å². The highest BCUT2D eigenvalue weighted by Gasteiger charge is 2.12. The van der Waals surface area contributed by atoms with Gasteiger partial charge in [-0.15, -0.1) is 9.24 Å². The maximum absolute atomic E-state index is 10.8. The van der Waals surface area contributed by atoms with Gasteiger partial charge in [0.15, 0.2) is 0 Å². The molecule has 138 valence electrons. The third-order valence-electron chi connectivity index (χ3n) is 4.72. The van der Waals surface area contributed by atoms with E-state index in [0.29, 0.717) is 5.75 Å². The van der Waals surface area contributed by atoms with Crippen molar-refractivity contribution in [3.63, 3.8) is 0 Å². The second-order valence-electron chi connectivity index (χ2n) is 6.46. The molecule has 0 amide bonds. The summed E-state index contributed by atoms with van der Waals surface area (Å²) in [5.41, 5.74) is 5.22. The summed E-state index contributed by atoms with van der Waals surface area (Å²) in [6.45, 7) is 2.05. The van der Waals surface area contributed by atoms with Gasteiger partial charge in [0.05, 0.1) is 7.11 Å². The molecular weight excluding hydrogens is 351 g/mol. The lowest BCUT2D eigenvalue weighted by Crippen LogP contribution is -2.00. The van der Waals surface area contributed by atoms with E-state index in [1.165, 1.54) is 5.56 Å². The molecule has 0 aromatic heterocycles. The molecule has 2 nitrogen and oxygen atoms in total. The predicted octanol–water partition coefficient (Wildman–Crippen LogP) is 5.74. The predicted molar refractivity (Wildman–Crippen MR) is 118 cm³/mol. The van der Waals surface area contributed by atoms with Gasteiger partial charge in [-0.2, -0.15) is 0 Å². The van der Waals surface area contributed by atoms with Gasteiger partial charge in [-0.1, -0.05) is 54.6 Å². The van der Waals surface area contributed by atoms with E-state index in [2.05, 4.69) is 51.7 Å². The van der Waals surface area contributed by atoms with Crippen LogP contribution in [0.3, 0.4) is 0 Å². The lowest BCUT2D eigenvalue weighted by atomic mass is 9.97. The molecule has 0 aliphatic carbocycles. The maximum Gasteiger partial charge on any atom is 0.131 e. The highest BCUT2D eigenvalue weighted by atomic mass is 31.0. The largest absolute Gasteiger partial charge is 0.507 e. The van der Waals surface area contributed by atoms with E-state index in [9.17, 15) is 5.11 Å². The SMILES string of the molecule is C/C=C/CCc1ccc(-c2ccc(-c3ccc(OC)cc3)c(O)c2P)cc1. The van der Waals surface area contributed by atoms with Crippen LogP contribution in [0.1, 0.15) is 18.9 Å². The first-order chi connectivity index (χ1) is 13.1. The van der Waals surface area contributed by atoms with Crippen LogP contribution in [0, 0.1) is 0 Å². The fourth-order valence-electron chi connectivity index (χ4n) is 3.13. The summed E-state index contributed by atoms with van der Waals surface area (Å²) in [6.07, 6.45) is 6.37. The summed E-state index contributed by atoms with van der Waals surface area (Å²) in [5, 5.41) is 11.6. The summed E-state index contributed by atoms with van der Waals surface area (Å²) in [5.74, 6) is 1.09. The van der Waals surface area contributed by atoms with Gasteiger partial charge >= 0.3 is 0 Å². The van der Waals surface area contributed by atoms with Crippen molar-refractivity contribution in [1.82, 2.24) is 0 Å². The Bertz CT molecular complexity index is 926. The molecule has 0 fully saturated rings. The summed E-state index contributed by atoms with van der Waals surface area (Å²) in [6, 6.07) is 20.3. The second-order valence-corrected chi connectivity index (χ2v) is 7.03. The molecule has 3 rings (SSSR count). The Hall–Kier alpha value is -2.57. The first-order valence-electron chi connectivity index (χ1n) is 9.10. The van der Waals surface area contributed by atoms with Crippen LogP contribution in [0.15, 0.2) is 72.8 Å². The number of rotatable bonds is 6. The standard InChI is InChI=1S/C24H25O2P/c1-3-4-5-6-17-7-9-19(10-8-17)22-16-15-21(23(25)24(22)27)18-11-13-20(26-2)14-12-18/h3-4,7-16,25H,5-6,27H2,1-2H3/b4-3+. The molecule has 0 aliphatic rings. The Morgan fingerprint density at radius 1 is 0.889 bits per heavy atom. The smallest absolute Gasteiger partial charge is 0.131 e. The van der Waals surface area contributed by atoms with Crippen LogP contribution in [0.2, 0.25) is 0 Å². The molecule has 1 atom stereocenters. The molecule has 27 heavy (non-hydrogen) atoms. The molecule has 1 unspecified atom stereocenters. The molecule has 0 bridgehead atoms. The van der Waals surface area contributed by atoms with Gasteiger partial charge in [0.25, 0.3) is 0 Å². The quantitative estimate of drug-likeness (QED) is 0.439. The number of hydrogen-bond acceptors (Lipinski definition) is 2. The van der Waals surface area contributed by atoms with Crippen molar-refractivity contribution in [2.75, 3.05) is 7.11 Å². The monoisotopic (exact) mass is 376 g/mol. The van der Waals surface area contributed by atoms with E-state index in [4.69, 9.17) is 4.74 Å². The number of hydrogen-bond donors (Lipinski definition) is 1. The zero-order valence-corrected chi connectivity index (χ0v) is 16.9. The number of aromatic hydroxyl groups is 1. The van der Waals surface area contributed by atoms with Crippen molar-refractivity contribution in [3.05, 3.63) is 78.4 Å². The fourth-order valence-corrected chi connectivity index (χ4v) is 3.55. The molecular formula is C24H25O2P. The molecule has 0 saturated carbocycles. The molecule has 3 heteroatoms. The van der Waals surface area contributed by atoms with E-state index in [1.54, 1.807) is 7.11 Å². The molecule has 0 saturated heterocycles. The fraction of sp³-hybridized carbons (Fsp3) is 0.167. The van der Waals surface area contributed by atoms with Crippen molar-refractivity contribution in [2.24, 2.45) is 0 Å². The second kappa shape index (κ2) is 8.88. The Morgan fingerprint density at radius 3 is 2.11 bits per heavy atom. The van der Waals surface area contributed by atoms with Gasteiger partial charge < -0.3 is 9.84 Å². The molecule has 3 aromatic rings. The summed E-state index contributed by atoms with van der Waals surface area (Å²) in [7, 11) is 4.33. The van der Waals surface area contributed by atoms with Crippen molar-refractivity contribution >= 4 is 14.5 Å². The van der Waals surface area contributed by atoms with Crippen LogP contribution in [0.5, 0.6) is 11.5 Å². The van der Waals surface area contributed by atoms with Crippen molar-refractivity contribution in [1.29, 1.82) is 0 Å². The van der Waals surface area contributed by atoms with E-state index in [0.717, 1.165) is 46.1 Å². The van der Waals surface area contributed by atoms with Crippen LogP contribution in [-0.4, -0.2) is 12.2 Å². The average molecular weight is 376 g/mol. The molecule has 3 aromatic carbocycles. The number of ether oxygens (including phenoxy) is 1. The normalized spacial score (nSPS) is 11.1. The third kappa shape index (κ3) is 4.40. The molecule has 0 heterocycles. The third-order valence-corrected chi connectivity index (χ3v) is 5.30. The summed E-state index contributed by atoms with van der Waals surface area (Å²) >= 11 is 0. The minimum Gasteiger partial charge on any atom is -0.507 e. The number of allylic oxidation sites excluding steroid dienone is 2. The van der Waals surface area contributed by atoms with Crippen molar-refractivity contribution in [3.8, 4) is 33.8 Å². The molecule has 0 spiro atoms.